The highest BCUT2D eigenvalue weighted by atomic mass is 16.6. The van der Waals surface area contributed by atoms with Gasteiger partial charge < -0.3 is 15.1 Å². The molecular weight excluding hydrogens is 276 g/mol. The third-order valence-electron chi connectivity index (χ3n) is 2.84. The molecule has 116 valence electrons. The Bertz CT molecular complexity index is 519. The number of nitro benzene ring substituents is 1. The van der Waals surface area contributed by atoms with Crippen LogP contribution in [-0.4, -0.2) is 42.0 Å². The minimum atomic E-state index is -0.589. The topological polar surface area (TPSA) is 111 Å². The molecule has 0 aliphatic heterocycles. The normalized spacial score (nSPS) is 10.5. The van der Waals surface area contributed by atoms with E-state index in [1.54, 1.807) is 7.05 Å². The van der Waals surface area contributed by atoms with Gasteiger partial charge >= 0.3 is 0 Å². The standard InChI is InChI=1S/C13H20N4O4/c1-9(2)21-8-7-16(3)13(18)10-5-4-6-11(17(19)20)12(10)15-14/h4-6,9,15H,7-8,14H2,1-3H3. The van der Waals surface area contributed by atoms with Crippen LogP contribution in [0, 0.1) is 10.1 Å². The molecule has 0 heterocycles. The van der Waals surface area contributed by atoms with E-state index in [4.69, 9.17) is 10.6 Å². The van der Waals surface area contributed by atoms with Gasteiger partial charge in [-0.1, -0.05) is 6.07 Å². The number of amides is 1. The molecule has 0 saturated heterocycles. The SMILES string of the molecule is CC(C)OCCN(C)C(=O)c1cccc([N+](=O)[O-])c1NN. The summed E-state index contributed by atoms with van der Waals surface area (Å²) < 4.78 is 5.37. The summed E-state index contributed by atoms with van der Waals surface area (Å²) in [5.74, 6) is 4.96. The number of likely N-dealkylation sites (N-methyl/N-ethyl adjacent to an activating group) is 1. The highest BCUT2D eigenvalue weighted by molar-refractivity contribution is 6.01. The van der Waals surface area contributed by atoms with Crippen molar-refractivity contribution < 1.29 is 14.5 Å². The van der Waals surface area contributed by atoms with Gasteiger partial charge in [0.25, 0.3) is 11.6 Å². The average molecular weight is 296 g/mol. The number of hydrogen-bond acceptors (Lipinski definition) is 6. The summed E-state index contributed by atoms with van der Waals surface area (Å²) in [5, 5.41) is 10.9. The second-order valence-corrected chi connectivity index (χ2v) is 4.75. The van der Waals surface area contributed by atoms with E-state index in [0.29, 0.717) is 13.2 Å². The average Bonchev–Trinajstić information content (AvgIpc) is 2.44. The van der Waals surface area contributed by atoms with Crippen LogP contribution in [0.4, 0.5) is 11.4 Å². The molecule has 0 fully saturated rings. The molecule has 0 aliphatic rings. The van der Waals surface area contributed by atoms with E-state index in [1.807, 2.05) is 13.8 Å². The summed E-state index contributed by atoms with van der Waals surface area (Å²) in [6, 6.07) is 4.23. The lowest BCUT2D eigenvalue weighted by molar-refractivity contribution is -0.384. The lowest BCUT2D eigenvalue weighted by atomic mass is 10.1. The van der Waals surface area contributed by atoms with E-state index >= 15 is 0 Å². The van der Waals surface area contributed by atoms with Crippen molar-refractivity contribution in [2.75, 3.05) is 25.6 Å². The number of nitrogens with one attached hydrogen (secondary N) is 1. The number of anilines is 1. The number of hydrogen-bond donors (Lipinski definition) is 2. The van der Waals surface area contributed by atoms with Crippen LogP contribution in [0.2, 0.25) is 0 Å². The number of ether oxygens (including phenoxy) is 1. The molecule has 1 aromatic rings. The Morgan fingerprint density at radius 1 is 1.52 bits per heavy atom. The molecule has 0 aliphatic carbocycles. The first-order valence-electron chi connectivity index (χ1n) is 6.49. The number of carbonyl (C=O) groups is 1. The molecule has 1 amide bonds. The highest BCUT2D eigenvalue weighted by Crippen LogP contribution is 2.28. The Labute approximate surface area is 123 Å². The lowest BCUT2D eigenvalue weighted by Crippen LogP contribution is -2.31. The first kappa shape index (κ1) is 16.9. The van der Waals surface area contributed by atoms with Crippen molar-refractivity contribution >= 4 is 17.3 Å². The first-order valence-corrected chi connectivity index (χ1v) is 6.49. The van der Waals surface area contributed by atoms with Crippen LogP contribution in [0.3, 0.4) is 0 Å². The number of nitro groups is 1. The van der Waals surface area contributed by atoms with Gasteiger partial charge in [0.05, 0.1) is 23.2 Å². The predicted molar refractivity (Wildman–Crippen MR) is 79.0 cm³/mol. The fourth-order valence-corrected chi connectivity index (χ4v) is 1.75. The zero-order valence-electron chi connectivity index (χ0n) is 12.3. The molecule has 1 rings (SSSR count). The fourth-order valence-electron chi connectivity index (χ4n) is 1.75. The van der Waals surface area contributed by atoms with Crippen LogP contribution in [-0.2, 0) is 4.74 Å². The van der Waals surface area contributed by atoms with Crippen molar-refractivity contribution in [2.24, 2.45) is 5.84 Å². The van der Waals surface area contributed by atoms with Crippen molar-refractivity contribution in [3.63, 3.8) is 0 Å². The van der Waals surface area contributed by atoms with Gasteiger partial charge in [-0.15, -0.1) is 0 Å². The molecule has 0 unspecified atom stereocenters. The van der Waals surface area contributed by atoms with Crippen molar-refractivity contribution in [1.82, 2.24) is 4.90 Å². The largest absolute Gasteiger partial charge is 0.377 e. The molecule has 0 spiro atoms. The number of nitrogen functional groups attached to an aromatic ring is 1. The van der Waals surface area contributed by atoms with Gasteiger partial charge in [0.1, 0.15) is 5.69 Å². The van der Waals surface area contributed by atoms with Crippen molar-refractivity contribution in [3.05, 3.63) is 33.9 Å². The maximum absolute atomic E-state index is 12.3. The van der Waals surface area contributed by atoms with Crippen molar-refractivity contribution in [1.29, 1.82) is 0 Å². The van der Waals surface area contributed by atoms with E-state index in [0.717, 1.165) is 0 Å². The first-order chi connectivity index (χ1) is 9.88. The van der Waals surface area contributed by atoms with Gasteiger partial charge in [-0.05, 0) is 19.9 Å². The number of nitrogens with two attached hydrogens (primary N) is 1. The number of benzene rings is 1. The minimum Gasteiger partial charge on any atom is -0.377 e. The second kappa shape index (κ2) is 7.55. The minimum absolute atomic E-state index is 0.00382. The van der Waals surface area contributed by atoms with Gasteiger partial charge in [0.2, 0.25) is 0 Å². The maximum atomic E-state index is 12.3. The monoisotopic (exact) mass is 296 g/mol. The number of hydrazine groups is 1. The van der Waals surface area contributed by atoms with Crippen LogP contribution in [0.5, 0.6) is 0 Å². The number of carbonyl (C=O) groups excluding carboxylic acids is 1. The fraction of sp³-hybridized carbons (Fsp3) is 0.462. The summed E-state index contributed by atoms with van der Waals surface area (Å²) in [4.78, 5) is 24.1. The Morgan fingerprint density at radius 3 is 2.71 bits per heavy atom. The quantitative estimate of drug-likeness (QED) is 0.446. The molecule has 8 heteroatoms. The second-order valence-electron chi connectivity index (χ2n) is 4.75. The third kappa shape index (κ3) is 4.40. The third-order valence-corrected chi connectivity index (χ3v) is 2.84. The summed E-state index contributed by atoms with van der Waals surface area (Å²) in [5.41, 5.74) is 2.15. The molecule has 0 bridgehead atoms. The number of rotatable bonds is 7. The maximum Gasteiger partial charge on any atom is 0.294 e. The molecule has 8 nitrogen and oxygen atoms in total. The molecule has 3 N–H and O–H groups in total. The van der Waals surface area contributed by atoms with Gasteiger partial charge in [0.15, 0.2) is 0 Å². The number of nitrogens with zero attached hydrogens (tertiary/aromatic N) is 2. The molecular formula is C13H20N4O4. The predicted octanol–water partition coefficient (Wildman–Crippen LogP) is 1.38. The van der Waals surface area contributed by atoms with E-state index in [1.165, 1.54) is 23.1 Å². The smallest absolute Gasteiger partial charge is 0.294 e. The lowest BCUT2D eigenvalue weighted by Gasteiger charge is -2.19. The van der Waals surface area contributed by atoms with E-state index < -0.39 is 4.92 Å². The van der Waals surface area contributed by atoms with E-state index in [9.17, 15) is 14.9 Å². The van der Waals surface area contributed by atoms with Gasteiger partial charge in [-0.2, -0.15) is 0 Å². The highest BCUT2D eigenvalue weighted by Gasteiger charge is 2.22. The summed E-state index contributed by atoms with van der Waals surface area (Å²) in [7, 11) is 1.60. The summed E-state index contributed by atoms with van der Waals surface area (Å²) in [6.07, 6.45) is 0.0765. The summed E-state index contributed by atoms with van der Waals surface area (Å²) >= 11 is 0. The van der Waals surface area contributed by atoms with Crippen molar-refractivity contribution in [3.8, 4) is 0 Å². The number of para-hydroxylation sites is 1. The summed E-state index contributed by atoms with van der Waals surface area (Å²) in [6.45, 7) is 4.57. The van der Waals surface area contributed by atoms with E-state index in [2.05, 4.69) is 5.43 Å². The Hall–Kier alpha value is -2.19. The van der Waals surface area contributed by atoms with Crippen LogP contribution in [0.1, 0.15) is 24.2 Å². The molecule has 21 heavy (non-hydrogen) atoms. The zero-order valence-corrected chi connectivity index (χ0v) is 12.3. The van der Waals surface area contributed by atoms with Crippen LogP contribution in [0.25, 0.3) is 0 Å². The Balaban J connectivity index is 2.91. The van der Waals surface area contributed by atoms with Crippen LogP contribution in [0.15, 0.2) is 18.2 Å². The van der Waals surface area contributed by atoms with Crippen LogP contribution >= 0.6 is 0 Å². The molecule has 1 aromatic carbocycles. The van der Waals surface area contributed by atoms with Gasteiger partial charge in [-0.3, -0.25) is 20.8 Å². The van der Waals surface area contributed by atoms with Crippen LogP contribution < -0.4 is 11.3 Å². The van der Waals surface area contributed by atoms with Gasteiger partial charge in [-0.25, -0.2) is 0 Å². The van der Waals surface area contributed by atoms with E-state index in [-0.39, 0.29) is 28.9 Å². The zero-order chi connectivity index (χ0) is 16.0. The van der Waals surface area contributed by atoms with Crippen molar-refractivity contribution in [2.45, 2.75) is 20.0 Å². The molecule has 0 saturated carbocycles. The van der Waals surface area contributed by atoms with Gasteiger partial charge in [0, 0.05) is 19.7 Å². The molecule has 0 aromatic heterocycles. The Kier molecular flexibility index (Phi) is 6.07. The molecule has 0 atom stereocenters. The Morgan fingerprint density at radius 2 is 2.19 bits per heavy atom. The molecule has 0 radical (unpaired) electrons.